The van der Waals surface area contributed by atoms with Crippen molar-refractivity contribution in [2.45, 2.75) is 64.1 Å². The summed E-state index contributed by atoms with van der Waals surface area (Å²) < 4.78 is 1.89. The summed E-state index contributed by atoms with van der Waals surface area (Å²) in [6, 6.07) is 1.29. The summed E-state index contributed by atoms with van der Waals surface area (Å²) in [5, 5.41) is 7.99. The molecule has 0 aromatic carbocycles. The molecule has 1 saturated carbocycles. The minimum Gasteiger partial charge on any atom is -0.313 e. The number of aromatic nitrogens is 2. The molecule has 0 bridgehead atoms. The molecule has 1 N–H and O–H groups in total. The van der Waals surface area contributed by atoms with Crippen molar-refractivity contribution in [1.82, 2.24) is 20.0 Å². The molecule has 114 valence electrons. The van der Waals surface area contributed by atoms with Crippen LogP contribution in [0, 0.1) is 0 Å². The molecule has 0 saturated heterocycles. The van der Waals surface area contributed by atoms with Crippen molar-refractivity contribution in [3.63, 3.8) is 0 Å². The fourth-order valence-corrected chi connectivity index (χ4v) is 3.45. The Balaban J connectivity index is 1.99. The Bertz CT molecular complexity index is 388. The molecule has 0 aliphatic heterocycles. The van der Waals surface area contributed by atoms with Crippen molar-refractivity contribution in [3.05, 3.63) is 18.0 Å². The lowest BCUT2D eigenvalue weighted by atomic mass is 9.91. The van der Waals surface area contributed by atoms with Gasteiger partial charge in [0.15, 0.2) is 0 Å². The predicted molar refractivity (Wildman–Crippen MR) is 83.6 cm³/mol. The van der Waals surface area contributed by atoms with Crippen LogP contribution in [0.25, 0.3) is 0 Å². The van der Waals surface area contributed by atoms with Gasteiger partial charge in [-0.3, -0.25) is 9.58 Å². The molecule has 1 heterocycles. The Kier molecular flexibility index (Phi) is 6.05. The van der Waals surface area contributed by atoms with E-state index in [1.807, 2.05) is 17.9 Å². The quantitative estimate of drug-likeness (QED) is 0.898. The maximum Gasteiger partial charge on any atom is 0.0534 e. The highest BCUT2D eigenvalue weighted by Gasteiger charge is 2.25. The zero-order valence-corrected chi connectivity index (χ0v) is 13.3. The molecule has 1 aliphatic carbocycles. The van der Waals surface area contributed by atoms with Gasteiger partial charge in [-0.2, -0.15) is 5.10 Å². The molecule has 2 atom stereocenters. The van der Waals surface area contributed by atoms with Crippen LogP contribution in [0.15, 0.2) is 12.4 Å². The molecule has 1 aromatic rings. The number of likely N-dealkylation sites (N-methyl/N-ethyl adjacent to an activating group) is 2. The second-order valence-electron chi connectivity index (χ2n) is 6.16. The van der Waals surface area contributed by atoms with Crippen LogP contribution < -0.4 is 5.32 Å². The van der Waals surface area contributed by atoms with Crippen molar-refractivity contribution >= 4 is 0 Å². The van der Waals surface area contributed by atoms with E-state index in [1.54, 1.807) is 0 Å². The van der Waals surface area contributed by atoms with Gasteiger partial charge in [0.05, 0.1) is 6.20 Å². The third-order valence-electron chi connectivity index (χ3n) is 4.45. The number of hydrogen-bond acceptors (Lipinski definition) is 3. The maximum absolute atomic E-state index is 4.28. The molecule has 2 unspecified atom stereocenters. The average molecular weight is 278 g/mol. The third kappa shape index (κ3) is 4.32. The first-order chi connectivity index (χ1) is 9.70. The second-order valence-corrected chi connectivity index (χ2v) is 6.16. The smallest absolute Gasteiger partial charge is 0.0534 e. The highest BCUT2D eigenvalue weighted by molar-refractivity contribution is 5.04. The van der Waals surface area contributed by atoms with Crippen molar-refractivity contribution in [3.8, 4) is 0 Å². The molecular weight excluding hydrogens is 248 g/mol. The zero-order valence-electron chi connectivity index (χ0n) is 13.3. The van der Waals surface area contributed by atoms with E-state index >= 15 is 0 Å². The van der Waals surface area contributed by atoms with E-state index in [0.717, 1.165) is 13.1 Å². The minimum atomic E-state index is 0.641. The van der Waals surface area contributed by atoms with Gasteiger partial charge in [-0.05, 0) is 26.4 Å². The Morgan fingerprint density at radius 2 is 2.05 bits per heavy atom. The highest BCUT2D eigenvalue weighted by Crippen LogP contribution is 2.22. The van der Waals surface area contributed by atoms with Gasteiger partial charge < -0.3 is 5.32 Å². The van der Waals surface area contributed by atoms with Gasteiger partial charge in [0.25, 0.3) is 0 Å². The van der Waals surface area contributed by atoms with E-state index in [4.69, 9.17) is 0 Å². The molecule has 1 aliphatic rings. The van der Waals surface area contributed by atoms with Crippen molar-refractivity contribution in [2.24, 2.45) is 7.05 Å². The number of nitrogens with zero attached hydrogens (tertiary/aromatic N) is 3. The fourth-order valence-electron chi connectivity index (χ4n) is 3.45. The summed E-state index contributed by atoms with van der Waals surface area (Å²) in [4.78, 5) is 2.52. The highest BCUT2D eigenvalue weighted by atomic mass is 15.2. The lowest BCUT2D eigenvalue weighted by Gasteiger charge is -2.36. The van der Waals surface area contributed by atoms with Crippen LogP contribution in [0.1, 0.15) is 51.0 Å². The molecular formula is C16H30N4. The average Bonchev–Trinajstić information content (AvgIpc) is 2.78. The van der Waals surface area contributed by atoms with Crippen LogP contribution in [0.5, 0.6) is 0 Å². The summed E-state index contributed by atoms with van der Waals surface area (Å²) in [6.45, 7) is 4.29. The standard InChI is InChI=1S/C16H30N4/c1-4-17-15-9-7-5-6-8-10-16(15)19(2)12-14-11-18-20(3)13-14/h11,13,15-17H,4-10,12H2,1-3H3. The monoisotopic (exact) mass is 278 g/mol. The number of nitrogens with one attached hydrogen (secondary N) is 1. The van der Waals surface area contributed by atoms with Crippen molar-refractivity contribution in [1.29, 1.82) is 0 Å². The predicted octanol–water partition coefficient (Wildman–Crippen LogP) is 2.55. The first-order valence-corrected chi connectivity index (χ1v) is 8.12. The van der Waals surface area contributed by atoms with Crippen LogP contribution in [-0.4, -0.2) is 40.4 Å². The largest absolute Gasteiger partial charge is 0.313 e. The Morgan fingerprint density at radius 3 is 2.70 bits per heavy atom. The Labute approximate surface area is 123 Å². The van der Waals surface area contributed by atoms with Gasteiger partial charge in [-0.25, -0.2) is 0 Å². The molecule has 1 fully saturated rings. The number of aryl methyl sites for hydroxylation is 1. The SMILES string of the molecule is CCNC1CCCCCCC1N(C)Cc1cnn(C)c1. The van der Waals surface area contributed by atoms with Crippen LogP contribution >= 0.6 is 0 Å². The minimum absolute atomic E-state index is 0.641. The summed E-state index contributed by atoms with van der Waals surface area (Å²) in [5.74, 6) is 0. The van der Waals surface area contributed by atoms with Gasteiger partial charge in [0.1, 0.15) is 0 Å². The first kappa shape index (κ1) is 15.5. The van der Waals surface area contributed by atoms with Crippen molar-refractivity contribution < 1.29 is 0 Å². The first-order valence-electron chi connectivity index (χ1n) is 8.12. The lowest BCUT2D eigenvalue weighted by Crippen LogP contribution is -2.48. The molecule has 1 aromatic heterocycles. The second kappa shape index (κ2) is 7.79. The fraction of sp³-hybridized carbons (Fsp3) is 0.812. The van der Waals surface area contributed by atoms with Gasteiger partial charge in [0.2, 0.25) is 0 Å². The molecule has 2 rings (SSSR count). The van der Waals surface area contributed by atoms with Gasteiger partial charge >= 0.3 is 0 Å². The van der Waals surface area contributed by atoms with E-state index < -0.39 is 0 Å². The van der Waals surface area contributed by atoms with E-state index in [-0.39, 0.29) is 0 Å². The molecule has 4 nitrogen and oxygen atoms in total. The summed E-state index contributed by atoms with van der Waals surface area (Å²) in [6.07, 6.45) is 12.3. The third-order valence-corrected chi connectivity index (χ3v) is 4.45. The molecule has 0 radical (unpaired) electrons. The van der Waals surface area contributed by atoms with E-state index in [9.17, 15) is 0 Å². The van der Waals surface area contributed by atoms with Gasteiger partial charge in [-0.1, -0.05) is 32.6 Å². The topological polar surface area (TPSA) is 33.1 Å². The zero-order chi connectivity index (χ0) is 14.4. The van der Waals surface area contributed by atoms with Crippen LogP contribution in [-0.2, 0) is 13.6 Å². The van der Waals surface area contributed by atoms with E-state index in [0.29, 0.717) is 12.1 Å². The van der Waals surface area contributed by atoms with E-state index in [2.05, 4.69) is 35.5 Å². The molecule has 0 amide bonds. The lowest BCUT2D eigenvalue weighted by molar-refractivity contribution is 0.157. The van der Waals surface area contributed by atoms with Crippen LogP contribution in [0.2, 0.25) is 0 Å². The van der Waals surface area contributed by atoms with Gasteiger partial charge in [-0.15, -0.1) is 0 Å². The Hall–Kier alpha value is -0.870. The number of rotatable bonds is 5. The summed E-state index contributed by atoms with van der Waals surface area (Å²) in [5.41, 5.74) is 1.31. The molecule has 4 heteroatoms. The Morgan fingerprint density at radius 1 is 1.30 bits per heavy atom. The molecule has 0 spiro atoms. The summed E-state index contributed by atoms with van der Waals surface area (Å²) in [7, 11) is 4.25. The van der Waals surface area contributed by atoms with Crippen LogP contribution in [0.4, 0.5) is 0 Å². The molecule has 20 heavy (non-hydrogen) atoms. The van der Waals surface area contributed by atoms with Crippen LogP contribution in [0.3, 0.4) is 0 Å². The summed E-state index contributed by atoms with van der Waals surface area (Å²) >= 11 is 0. The van der Waals surface area contributed by atoms with E-state index in [1.165, 1.54) is 44.1 Å². The van der Waals surface area contributed by atoms with Gasteiger partial charge in [0, 0.05) is 37.4 Å². The maximum atomic E-state index is 4.28. The number of hydrogen-bond donors (Lipinski definition) is 1. The normalized spacial score (nSPS) is 24.6. The van der Waals surface area contributed by atoms with Crippen molar-refractivity contribution in [2.75, 3.05) is 13.6 Å².